The Morgan fingerprint density at radius 2 is 2.07 bits per heavy atom. The summed E-state index contributed by atoms with van der Waals surface area (Å²) in [5.41, 5.74) is 1.29. The molecule has 1 aromatic carbocycles. The molecule has 0 spiro atoms. The van der Waals surface area contributed by atoms with E-state index in [1.54, 1.807) is 7.05 Å². The average molecular weight is 490 g/mol. The lowest BCUT2D eigenvalue weighted by atomic mass is 10.1. The number of nitrogens with one attached hydrogen (secondary N) is 2. The van der Waals surface area contributed by atoms with Gasteiger partial charge in [-0.2, -0.15) is 0 Å². The van der Waals surface area contributed by atoms with Crippen LogP contribution in [0.1, 0.15) is 30.9 Å². The van der Waals surface area contributed by atoms with Gasteiger partial charge in [0.1, 0.15) is 0 Å². The van der Waals surface area contributed by atoms with E-state index in [2.05, 4.69) is 58.9 Å². The van der Waals surface area contributed by atoms with Crippen molar-refractivity contribution in [3.63, 3.8) is 0 Å². The second-order valence-electron chi connectivity index (χ2n) is 6.83. The van der Waals surface area contributed by atoms with Crippen molar-refractivity contribution in [2.75, 3.05) is 54.1 Å². The van der Waals surface area contributed by atoms with E-state index in [4.69, 9.17) is 9.47 Å². The van der Waals surface area contributed by atoms with Crippen molar-refractivity contribution in [3.8, 4) is 0 Å². The van der Waals surface area contributed by atoms with E-state index in [1.807, 2.05) is 6.07 Å². The van der Waals surface area contributed by atoms with Crippen molar-refractivity contribution in [2.45, 2.75) is 31.4 Å². The molecule has 0 radical (unpaired) electrons. The van der Waals surface area contributed by atoms with Crippen molar-refractivity contribution >= 4 is 29.9 Å². The minimum atomic E-state index is 0. The molecule has 1 aliphatic rings. The molecule has 1 aliphatic heterocycles. The van der Waals surface area contributed by atoms with Crippen LogP contribution in [0.15, 0.2) is 35.3 Å². The quantitative estimate of drug-likeness (QED) is 0.229. The Morgan fingerprint density at radius 1 is 1.30 bits per heavy atom. The zero-order chi connectivity index (χ0) is 18.6. The lowest BCUT2D eigenvalue weighted by Gasteiger charge is -2.26. The lowest BCUT2D eigenvalue weighted by molar-refractivity contribution is 0.0168. The molecule has 6 nitrogen and oxygen atoms in total. The Kier molecular flexibility index (Phi) is 12.6. The van der Waals surface area contributed by atoms with Gasteiger partial charge in [0, 0.05) is 33.4 Å². The van der Waals surface area contributed by atoms with Crippen LogP contribution in [0.2, 0.25) is 0 Å². The highest BCUT2D eigenvalue weighted by molar-refractivity contribution is 14.0. The second kappa shape index (κ2) is 14.1. The van der Waals surface area contributed by atoms with Crippen LogP contribution in [0.4, 0.5) is 0 Å². The van der Waals surface area contributed by atoms with Crippen molar-refractivity contribution in [2.24, 2.45) is 4.99 Å². The van der Waals surface area contributed by atoms with Crippen LogP contribution in [0, 0.1) is 0 Å². The molecule has 1 aromatic rings. The molecule has 2 rings (SSSR count). The van der Waals surface area contributed by atoms with Crippen LogP contribution in [-0.2, 0) is 9.47 Å². The summed E-state index contributed by atoms with van der Waals surface area (Å²) < 4.78 is 11.2. The summed E-state index contributed by atoms with van der Waals surface area (Å²) in [5, 5.41) is 6.77. The lowest BCUT2D eigenvalue weighted by Crippen LogP contribution is -2.42. The van der Waals surface area contributed by atoms with Crippen LogP contribution in [-0.4, -0.2) is 71.0 Å². The number of nitrogens with zero attached hydrogens (tertiary/aromatic N) is 2. The highest BCUT2D eigenvalue weighted by atomic mass is 127. The van der Waals surface area contributed by atoms with Gasteiger partial charge in [-0.15, -0.1) is 24.0 Å². The Hall–Kier alpha value is -0.900. The molecule has 0 amide bonds. The zero-order valence-electron chi connectivity index (χ0n) is 16.8. The average Bonchev–Trinajstić information content (AvgIpc) is 3.17. The van der Waals surface area contributed by atoms with Gasteiger partial charge in [-0.1, -0.05) is 30.3 Å². The Morgan fingerprint density at radius 3 is 2.70 bits per heavy atom. The largest absolute Gasteiger partial charge is 0.379 e. The Bertz CT molecular complexity index is 522. The Balaban J connectivity index is 0.00000364. The van der Waals surface area contributed by atoms with Crippen LogP contribution >= 0.6 is 24.0 Å². The Labute approximate surface area is 181 Å². The van der Waals surface area contributed by atoms with Crippen LogP contribution in [0.5, 0.6) is 0 Å². The van der Waals surface area contributed by atoms with E-state index in [9.17, 15) is 0 Å². The first-order chi connectivity index (χ1) is 12.7. The summed E-state index contributed by atoms with van der Waals surface area (Å²) in [7, 11) is 6.00. The maximum Gasteiger partial charge on any atom is 0.191 e. The summed E-state index contributed by atoms with van der Waals surface area (Å²) in [4.78, 5) is 6.53. The van der Waals surface area contributed by atoms with E-state index >= 15 is 0 Å². The molecule has 27 heavy (non-hydrogen) atoms. The van der Waals surface area contributed by atoms with Gasteiger partial charge in [0.05, 0.1) is 18.8 Å². The normalized spacial score (nSPS) is 18.2. The van der Waals surface area contributed by atoms with E-state index in [-0.39, 0.29) is 24.0 Å². The molecule has 154 valence electrons. The molecule has 1 fully saturated rings. The van der Waals surface area contributed by atoms with E-state index in [1.165, 1.54) is 5.56 Å². The molecule has 1 saturated heterocycles. The van der Waals surface area contributed by atoms with Gasteiger partial charge in [-0.25, -0.2) is 0 Å². The molecular formula is C20H35IN4O2. The topological polar surface area (TPSA) is 58.1 Å². The predicted molar refractivity (Wildman–Crippen MR) is 122 cm³/mol. The number of aliphatic imine (C=N–C) groups is 1. The summed E-state index contributed by atoms with van der Waals surface area (Å²) in [6.07, 6.45) is 3.54. The predicted octanol–water partition coefficient (Wildman–Crippen LogP) is 2.66. The maximum atomic E-state index is 5.69. The first-order valence-electron chi connectivity index (χ1n) is 9.56. The standard InChI is InChI=1S/C20H34N4O2.HI/c1-21-20(22-12-8-13-25-16-18-11-7-14-26-18)23-15-19(24(2)3)17-9-5-4-6-10-17;/h4-6,9-10,18-19H,7-8,11-16H2,1-3H3,(H2,21,22,23);1H. The fraction of sp³-hybridized carbons (Fsp3) is 0.650. The molecule has 0 aromatic heterocycles. The molecule has 7 heteroatoms. The maximum absolute atomic E-state index is 5.69. The zero-order valence-corrected chi connectivity index (χ0v) is 19.1. The molecule has 2 atom stereocenters. The summed E-state index contributed by atoms with van der Waals surface area (Å²) in [5.74, 6) is 0.826. The molecule has 2 N–H and O–H groups in total. The summed E-state index contributed by atoms with van der Waals surface area (Å²) in [6, 6.07) is 10.8. The highest BCUT2D eigenvalue weighted by Gasteiger charge is 2.15. The molecule has 0 bridgehead atoms. The summed E-state index contributed by atoms with van der Waals surface area (Å²) >= 11 is 0. The number of likely N-dealkylation sites (N-methyl/N-ethyl adjacent to an activating group) is 1. The van der Waals surface area contributed by atoms with Gasteiger partial charge < -0.3 is 25.0 Å². The first kappa shape index (κ1) is 24.1. The number of ether oxygens (including phenoxy) is 2. The number of hydrogen-bond acceptors (Lipinski definition) is 4. The van der Waals surface area contributed by atoms with Crippen LogP contribution in [0.3, 0.4) is 0 Å². The first-order valence-corrected chi connectivity index (χ1v) is 9.56. The monoisotopic (exact) mass is 490 g/mol. The third-order valence-electron chi connectivity index (χ3n) is 4.58. The smallest absolute Gasteiger partial charge is 0.191 e. The number of hydrogen-bond donors (Lipinski definition) is 2. The van der Waals surface area contributed by atoms with Gasteiger partial charge in [-0.3, -0.25) is 4.99 Å². The minimum Gasteiger partial charge on any atom is -0.379 e. The van der Waals surface area contributed by atoms with Gasteiger partial charge in [-0.05, 0) is 38.9 Å². The molecule has 0 saturated carbocycles. The number of guanidine groups is 1. The van der Waals surface area contributed by atoms with Crippen molar-refractivity contribution < 1.29 is 9.47 Å². The van der Waals surface area contributed by atoms with Crippen molar-refractivity contribution in [1.82, 2.24) is 15.5 Å². The van der Waals surface area contributed by atoms with Gasteiger partial charge >= 0.3 is 0 Å². The van der Waals surface area contributed by atoms with Crippen LogP contribution < -0.4 is 10.6 Å². The minimum absolute atomic E-state index is 0. The van der Waals surface area contributed by atoms with Gasteiger partial charge in [0.2, 0.25) is 0 Å². The van der Waals surface area contributed by atoms with Gasteiger partial charge in [0.25, 0.3) is 0 Å². The van der Waals surface area contributed by atoms with E-state index in [0.717, 1.165) is 51.5 Å². The SMILES string of the molecule is CN=C(NCCCOCC1CCCO1)NCC(c1ccccc1)N(C)C.I. The van der Waals surface area contributed by atoms with E-state index < -0.39 is 0 Å². The van der Waals surface area contributed by atoms with Crippen LogP contribution in [0.25, 0.3) is 0 Å². The second-order valence-corrected chi connectivity index (χ2v) is 6.83. The molecule has 2 unspecified atom stereocenters. The number of halogens is 1. The molecular weight excluding hydrogens is 455 g/mol. The molecule has 1 heterocycles. The third-order valence-corrected chi connectivity index (χ3v) is 4.58. The van der Waals surface area contributed by atoms with Crippen molar-refractivity contribution in [1.29, 1.82) is 0 Å². The highest BCUT2D eigenvalue weighted by Crippen LogP contribution is 2.16. The van der Waals surface area contributed by atoms with Gasteiger partial charge in [0.15, 0.2) is 5.96 Å². The fourth-order valence-electron chi connectivity index (χ4n) is 3.06. The fourth-order valence-corrected chi connectivity index (χ4v) is 3.06. The van der Waals surface area contributed by atoms with E-state index in [0.29, 0.717) is 18.8 Å². The number of benzene rings is 1. The summed E-state index contributed by atoms with van der Waals surface area (Å²) in [6.45, 7) is 3.98. The van der Waals surface area contributed by atoms with Crippen molar-refractivity contribution in [3.05, 3.63) is 35.9 Å². The third kappa shape index (κ3) is 9.23. The molecule has 0 aliphatic carbocycles. The number of rotatable bonds is 10.